The Labute approximate surface area is 192 Å². The highest BCUT2D eigenvalue weighted by Gasteiger charge is 2.11. The van der Waals surface area contributed by atoms with Crippen LogP contribution in [0.4, 0.5) is 0 Å². The monoisotopic (exact) mass is 440 g/mol. The summed E-state index contributed by atoms with van der Waals surface area (Å²) in [4.78, 5) is 24.8. The number of rotatable bonds is 8. The van der Waals surface area contributed by atoms with Gasteiger partial charge in [0.15, 0.2) is 0 Å². The van der Waals surface area contributed by atoms with Gasteiger partial charge in [0.05, 0.1) is 24.7 Å². The molecule has 0 saturated heterocycles. The van der Waals surface area contributed by atoms with E-state index in [1.807, 2.05) is 48.5 Å². The molecule has 4 rings (SSSR count). The number of methoxy groups -OCH3 is 1. The van der Waals surface area contributed by atoms with Crippen LogP contribution < -0.4 is 15.4 Å². The van der Waals surface area contributed by atoms with Crippen molar-refractivity contribution in [1.29, 1.82) is 0 Å². The molecular formula is C26H24N4O3. The third kappa shape index (κ3) is 5.27. The van der Waals surface area contributed by atoms with Gasteiger partial charge in [-0.2, -0.15) is 5.10 Å². The third-order valence-electron chi connectivity index (χ3n) is 5.11. The second-order valence-corrected chi connectivity index (χ2v) is 7.28. The molecule has 0 aliphatic carbocycles. The van der Waals surface area contributed by atoms with Crippen molar-refractivity contribution in [3.63, 3.8) is 0 Å². The zero-order chi connectivity index (χ0) is 23.0. The molecule has 166 valence electrons. The molecule has 0 spiro atoms. The first kappa shape index (κ1) is 21.8. The van der Waals surface area contributed by atoms with Crippen molar-refractivity contribution in [3.05, 3.63) is 102 Å². The molecule has 0 bridgehead atoms. The van der Waals surface area contributed by atoms with Crippen molar-refractivity contribution in [2.24, 2.45) is 0 Å². The molecule has 3 aromatic carbocycles. The van der Waals surface area contributed by atoms with E-state index in [2.05, 4.69) is 15.7 Å². The number of hydrogen-bond acceptors (Lipinski definition) is 4. The number of nitrogens with zero attached hydrogens (tertiary/aromatic N) is 2. The number of amides is 2. The Morgan fingerprint density at radius 3 is 2.21 bits per heavy atom. The first-order valence-electron chi connectivity index (χ1n) is 10.6. The lowest BCUT2D eigenvalue weighted by atomic mass is 10.1. The minimum absolute atomic E-state index is 0.207. The number of benzene rings is 3. The van der Waals surface area contributed by atoms with Gasteiger partial charge in [-0.25, -0.2) is 4.68 Å². The van der Waals surface area contributed by atoms with Gasteiger partial charge in [0, 0.05) is 29.8 Å². The van der Waals surface area contributed by atoms with E-state index in [4.69, 9.17) is 4.74 Å². The maximum Gasteiger partial charge on any atom is 0.251 e. The fourth-order valence-electron chi connectivity index (χ4n) is 3.41. The molecule has 1 aromatic heterocycles. The number of carbonyl (C=O) groups excluding carboxylic acids is 2. The maximum absolute atomic E-state index is 12.6. The number of aromatic nitrogens is 2. The van der Waals surface area contributed by atoms with E-state index < -0.39 is 0 Å². The van der Waals surface area contributed by atoms with E-state index >= 15 is 0 Å². The molecular weight excluding hydrogens is 416 g/mol. The summed E-state index contributed by atoms with van der Waals surface area (Å²) < 4.78 is 6.90. The lowest BCUT2D eigenvalue weighted by molar-refractivity contribution is 0.0927. The predicted octanol–water partition coefficient (Wildman–Crippen LogP) is 3.71. The van der Waals surface area contributed by atoms with Crippen molar-refractivity contribution >= 4 is 11.8 Å². The number of hydrogen-bond donors (Lipinski definition) is 2. The van der Waals surface area contributed by atoms with Crippen molar-refractivity contribution in [3.8, 4) is 22.7 Å². The van der Waals surface area contributed by atoms with E-state index in [0.717, 1.165) is 16.9 Å². The summed E-state index contributed by atoms with van der Waals surface area (Å²) >= 11 is 0. The van der Waals surface area contributed by atoms with Gasteiger partial charge in [0.1, 0.15) is 5.75 Å². The highest BCUT2D eigenvalue weighted by molar-refractivity contribution is 5.95. The number of carbonyl (C=O) groups is 2. The Bertz CT molecular complexity index is 1230. The molecule has 4 aromatic rings. The summed E-state index contributed by atoms with van der Waals surface area (Å²) in [6.45, 7) is 0.621. The first-order valence-corrected chi connectivity index (χ1v) is 10.6. The zero-order valence-corrected chi connectivity index (χ0v) is 18.2. The van der Waals surface area contributed by atoms with Crippen LogP contribution in [0.25, 0.3) is 16.9 Å². The summed E-state index contributed by atoms with van der Waals surface area (Å²) in [7, 11) is 1.57. The Morgan fingerprint density at radius 1 is 0.818 bits per heavy atom. The Morgan fingerprint density at radius 2 is 1.52 bits per heavy atom. The van der Waals surface area contributed by atoms with Gasteiger partial charge in [-0.1, -0.05) is 36.4 Å². The first-order chi connectivity index (χ1) is 16.2. The van der Waals surface area contributed by atoms with Crippen molar-refractivity contribution in [1.82, 2.24) is 20.4 Å². The molecule has 0 atom stereocenters. The van der Waals surface area contributed by atoms with Crippen molar-refractivity contribution in [2.75, 3.05) is 20.2 Å². The minimum Gasteiger partial charge on any atom is -0.497 e. The molecule has 0 aliphatic rings. The van der Waals surface area contributed by atoms with Gasteiger partial charge in [0.2, 0.25) is 0 Å². The zero-order valence-electron chi connectivity index (χ0n) is 18.2. The quantitative estimate of drug-likeness (QED) is 0.409. The van der Waals surface area contributed by atoms with E-state index in [-0.39, 0.29) is 11.8 Å². The topological polar surface area (TPSA) is 85.3 Å². The fourth-order valence-corrected chi connectivity index (χ4v) is 3.41. The van der Waals surface area contributed by atoms with E-state index in [1.165, 1.54) is 0 Å². The van der Waals surface area contributed by atoms with Gasteiger partial charge < -0.3 is 15.4 Å². The van der Waals surface area contributed by atoms with Crippen LogP contribution in [0.5, 0.6) is 5.75 Å². The van der Waals surface area contributed by atoms with Crippen LogP contribution in [-0.2, 0) is 0 Å². The number of nitrogens with one attached hydrogen (secondary N) is 2. The Kier molecular flexibility index (Phi) is 6.80. The average molecular weight is 441 g/mol. The highest BCUT2D eigenvalue weighted by Crippen LogP contribution is 2.22. The lowest BCUT2D eigenvalue weighted by Gasteiger charge is -2.10. The molecule has 0 unspecified atom stereocenters. The molecule has 0 radical (unpaired) electrons. The van der Waals surface area contributed by atoms with Crippen LogP contribution in [0.1, 0.15) is 20.7 Å². The molecule has 0 aliphatic heterocycles. The van der Waals surface area contributed by atoms with Crippen LogP contribution in [0.15, 0.2) is 91.1 Å². The normalized spacial score (nSPS) is 10.5. The molecule has 2 amide bonds. The van der Waals surface area contributed by atoms with Crippen LogP contribution in [0.2, 0.25) is 0 Å². The van der Waals surface area contributed by atoms with Gasteiger partial charge >= 0.3 is 0 Å². The molecule has 0 fully saturated rings. The molecule has 33 heavy (non-hydrogen) atoms. The molecule has 2 N–H and O–H groups in total. The van der Waals surface area contributed by atoms with Gasteiger partial charge in [-0.15, -0.1) is 0 Å². The molecule has 7 nitrogen and oxygen atoms in total. The predicted molar refractivity (Wildman–Crippen MR) is 127 cm³/mol. The molecule has 1 heterocycles. The van der Waals surface area contributed by atoms with E-state index in [0.29, 0.717) is 30.0 Å². The maximum atomic E-state index is 12.6. The SMILES string of the molecule is COc1ccc(C(=O)NCCNC(=O)c2cccc(-n3nccc3-c3ccccc3)c2)cc1. The summed E-state index contributed by atoms with van der Waals surface area (Å²) in [5.41, 5.74) is 3.82. The lowest BCUT2D eigenvalue weighted by Crippen LogP contribution is -2.34. The average Bonchev–Trinajstić information content (AvgIpc) is 3.37. The smallest absolute Gasteiger partial charge is 0.251 e. The Hall–Kier alpha value is -4.39. The summed E-state index contributed by atoms with van der Waals surface area (Å²) in [5, 5.41) is 10.1. The van der Waals surface area contributed by atoms with Crippen LogP contribution in [0.3, 0.4) is 0 Å². The fraction of sp³-hybridized carbons (Fsp3) is 0.115. The van der Waals surface area contributed by atoms with Crippen LogP contribution in [0, 0.1) is 0 Å². The van der Waals surface area contributed by atoms with Crippen LogP contribution >= 0.6 is 0 Å². The Balaban J connectivity index is 1.35. The van der Waals surface area contributed by atoms with E-state index in [1.54, 1.807) is 54.4 Å². The summed E-state index contributed by atoms with van der Waals surface area (Å²) in [6.07, 6.45) is 1.74. The molecule has 7 heteroatoms. The van der Waals surface area contributed by atoms with Gasteiger partial charge in [-0.3, -0.25) is 9.59 Å². The second-order valence-electron chi connectivity index (χ2n) is 7.28. The third-order valence-corrected chi connectivity index (χ3v) is 5.11. The standard InChI is InChI=1S/C26H24N4O3/c1-33-23-12-10-20(11-13-23)25(31)27-16-17-28-26(32)21-8-5-9-22(18-21)30-24(14-15-29-30)19-6-3-2-4-7-19/h2-15,18H,16-17H2,1H3,(H,27,31)(H,28,32). The van der Waals surface area contributed by atoms with E-state index in [9.17, 15) is 9.59 Å². The van der Waals surface area contributed by atoms with Gasteiger partial charge in [0.25, 0.3) is 11.8 Å². The van der Waals surface area contributed by atoms with Crippen molar-refractivity contribution in [2.45, 2.75) is 0 Å². The number of ether oxygens (including phenoxy) is 1. The minimum atomic E-state index is -0.219. The van der Waals surface area contributed by atoms with Crippen LogP contribution in [-0.4, -0.2) is 41.8 Å². The second kappa shape index (κ2) is 10.3. The highest BCUT2D eigenvalue weighted by atomic mass is 16.5. The largest absolute Gasteiger partial charge is 0.497 e. The summed E-state index contributed by atoms with van der Waals surface area (Å²) in [5.74, 6) is 0.261. The van der Waals surface area contributed by atoms with Crippen molar-refractivity contribution < 1.29 is 14.3 Å². The van der Waals surface area contributed by atoms with Gasteiger partial charge in [-0.05, 0) is 48.5 Å². The summed E-state index contributed by atoms with van der Waals surface area (Å²) in [6, 6.07) is 26.0. The molecule has 0 saturated carbocycles.